The van der Waals surface area contributed by atoms with E-state index in [1.807, 2.05) is 30.5 Å². The molecule has 2 aromatic heterocycles. The van der Waals surface area contributed by atoms with Crippen LogP contribution >= 0.6 is 0 Å². The van der Waals surface area contributed by atoms with E-state index in [1.165, 1.54) is 54.8 Å². The average molecular weight is 705 g/mol. The summed E-state index contributed by atoms with van der Waals surface area (Å²) in [4.78, 5) is 0. The van der Waals surface area contributed by atoms with Gasteiger partial charge in [0.25, 0.3) is 0 Å². The van der Waals surface area contributed by atoms with Gasteiger partial charge >= 0.3 is 0 Å². The molecule has 4 heteroatoms. The smallest absolute Gasteiger partial charge is 0.0710 e. The molecule has 0 atom stereocenters. The highest BCUT2D eigenvalue weighted by atomic mass is 15.4. The molecule has 8 aromatic carbocycles. The predicted octanol–water partition coefficient (Wildman–Crippen LogP) is 13.0. The Morgan fingerprint density at radius 3 is 1.60 bits per heavy atom. The Hall–Kier alpha value is -7.43. The van der Waals surface area contributed by atoms with Crippen LogP contribution in [0.5, 0.6) is 0 Å². The SMILES string of the molecule is N=C(/C=C\Nn1c2ccccc2c2cc(-c3ccc4c(c3)c3ccccc3n4-c3ccccc3)ccc21)c1cccc(-c2ccc(-c3ccccc3)cc2)c1. The van der Waals surface area contributed by atoms with Crippen LogP contribution in [0.15, 0.2) is 206 Å². The molecule has 0 aliphatic heterocycles. The molecule has 0 aliphatic carbocycles. The zero-order valence-corrected chi connectivity index (χ0v) is 30.0. The number of hydrogen-bond donors (Lipinski definition) is 2. The van der Waals surface area contributed by atoms with Crippen molar-refractivity contribution in [1.82, 2.24) is 9.24 Å². The van der Waals surface area contributed by atoms with E-state index in [0.717, 1.165) is 33.4 Å². The minimum Gasteiger partial charge on any atom is -0.309 e. The summed E-state index contributed by atoms with van der Waals surface area (Å²) in [5.41, 5.74) is 17.4. The van der Waals surface area contributed by atoms with Crippen LogP contribution in [0.3, 0.4) is 0 Å². The van der Waals surface area contributed by atoms with Gasteiger partial charge in [-0.3, -0.25) is 4.68 Å². The van der Waals surface area contributed by atoms with Crippen molar-refractivity contribution in [3.8, 4) is 39.1 Å². The molecule has 4 nitrogen and oxygen atoms in total. The maximum absolute atomic E-state index is 8.93. The minimum absolute atomic E-state index is 0.433. The van der Waals surface area contributed by atoms with E-state index in [1.54, 1.807) is 0 Å². The second kappa shape index (κ2) is 13.5. The highest BCUT2D eigenvalue weighted by molar-refractivity contribution is 6.12. The number of hydrogen-bond acceptors (Lipinski definition) is 2. The normalized spacial score (nSPS) is 11.6. The lowest BCUT2D eigenvalue weighted by atomic mass is 9.98. The molecule has 2 N–H and O–H groups in total. The zero-order valence-electron chi connectivity index (χ0n) is 30.0. The summed E-state index contributed by atoms with van der Waals surface area (Å²) in [6, 6.07) is 68.5. The number of para-hydroxylation sites is 3. The Morgan fingerprint density at radius 1 is 0.400 bits per heavy atom. The number of nitrogens with zero attached hydrogens (tertiary/aromatic N) is 2. The van der Waals surface area contributed by atoms with Crippen LogP contribution in [0.4, 0.5) is 0 Å². The summed E-state index contributed by atoms with van der Waals surface area (Å²) in [5, 5.41) is 13.8. The Bertz CT molecular complexity index is 3060. The van der Waals surface area contributed by atoms with Crippen molar-refractivity contribution in [2.24, 2.45) is 0 Å². The maximum atomic E-state index is 8.93. The highest BCUT2D eigenvalue weighted by Gasteiger charge is 2.15. The number of rotatable bonds is 8. The fourth-order valence-corrected chi connectivity index (χ4v) is 7.94. The average Bonchev–Trinajstić information content (AvgIpc) is 3.76. The molecule has 260 valence electrons. The van der Waals surface area contributed by atoms with E-state index in [-0.39, 0.29) is 0 Å². The zero-order chi connectivity index (χ0) is 36.7. The van der Waals surface area contributed by atoms with Crippen LogP contribution in [-0.4, -0.2) is 15.0 Å². The van der Waals surface area contributed by atoms with Gasteiger partial charge in [-0.2, -0.15) is 0 Å². The van der Waals surface area contributed by atoms with Gasteiger partial charge in [-0.25, -0.2) is 0 Å². The Balaban J connectivity index is 0.945. The Labute approximate surface area is 319 Å². The Kier molecular flexibility index (Phi) is 7.93. The van der Waals surface area contributed by atoms with Crippen molar-refractivity contribution in [1.29, 1.82) is 5.41 Å². The van der Waals surface area contributed by atoms with Crippen molar-refractivity contribution >= 4 is 49.3 Å². The first-order valence-electron chi connectivity index (χ1n) is 18.6. The predicted molar refractivity (Wildman–Crippen MR) is 232 cm³/mol. The third-order valence-corrected chi connectivity index (χ3v) is 10.6. The molecule has 55 heavy (non-hydrogen) atoms. The van der Waals surface area contributed by atoms with Crippen molar-refractivity contribution in [3.05, 3.63) is 212 Å². The number of allylic oxidation sites excluding steroid dienone is 1. The van der Waals surface area contributed by atoms with Crippen LogP contribution in [0, 0.1) is 5.41 Å². The lowest BCUT2D eigenvalue weighted by Crippen LogP contribution is -2.08. The molecule has 0 saturated carbocycles. The van der Waals surface area contributed by atoms with Gasteiger partial charge in [-0.1, -0.05) is 140 Å². The molecule has 10 aromatic rings. The first-order chi connectivity index (χ1) is 27.2. The van der Waals surface area contributed by atoms with Crippen LogP contribution in [0.1, 0.15) is 5.56 Å². The van der Waals surface area contributed by atoms with Gasteiger partial charge in [0, 0.05) is 39.0 Å². The van der Waals surface area contributed by atoms with Crippen LogP contribution in [0.2, 0.25) is 0 Å². The first-order valence-corrected chi connectivity index (χ1v) is 18.6. The lowest BCUT2D eigenvalue weighted by Gasteiger charge is -2.09. The van der Waals surface area contributed by atoms with E-state index in [0.29, 0.717) is 5.71 Å². The van der Waals surface area contributed by atoms with Gasteiger partial charge in [0.15, 0.2) is 0 Å². The molecule has 2 heterocycles. The molecular formula is C51H36N4. The van der Waals surface area contributed by atoms with Gasteiger partial charge in [-0.15, -0.1) is 0 Å². The fourth-order valence-electron chi connectivity index (χ4n) is 7.94. The summed E-state index contributed by atoms with van der Waals surface area (Å²) < 4.78 is 4.46. The summed E-state index contributed by atoms with van der Waals surface area (Å²) in [5.74, 6) is 0. The van der Waals surface area contributed by atoms with Crippen molar-refractivity contribution in [3.63, 3.8) is 0 Å². The molecule has 0 bridgehead atoms. The largest absolute Gasteiger partial charge is 0.309 e. The van der Waals surface area contributed by atoms with Gasteiger partial charge in [-0.05, 0) is 94.1 Å². The third-order valence-electron chi connectivity index (χ3n) is 10.6. The standard InChI is InChI=1S/C51H36N4/c52-47(41-15-11-14-38(32-41)37-24-22-36(23-25-37)35-12-3-1-4-13-35)30-31-53-55-50-21-10-8-19-44(50)46-34-40(27-29-51(46)55)39-26-28-49-45(33-39)43-18-7-9-20-48(43)54(49)42-16-5-2-6-17-42/h1-34,52-53H/b31-30-,52-47?. The second-order valence-corrected chi connectivity index (χ2v) is 13.9. The summed E-state index contributed by atoms with van der Waals surface area (Å²) in [7, 11) is 0. The first kappa shape index (κ1) is 32.2. The van der Waals surface area contributed by atoms with Gasteiger partial charge in [0.05, 0.1) is 27.8 Å². The molecule has 0 aliphatic rings. The topological polar surface area (TPSA) is 45.7 Å². The van der Waals surface area contributed by atoms with Gasteiger partial charge in [0.1, 0.15) is 0 Å². The highest BCUT2D eigenvalue weighted by Crippen LogP contribution is 2.37. The quantitative estimate of drug-likeness (QED) is 0.152. The summed E-state index contributed by atoms with van der Waals surface area (Å²) in [6.07, 6.45) is 3.69. The molecule has 0 amide bonds. The monoisotopic (exact) mass is 704 g/mol. The number of fused-ring (bicyclic) bond motifs is 6. The summed E-state index contributed by atoms with van der Waals surface area (Å²) >= 11 is 0. The maximum Gasteiger partial charge on any atom is 0.0710 e. The van der Waals surface area contributed by atoms with Crippen molar-refractivity contribution < 1.29 is 0 Å². The van der Waals surface area contributed by atoms with Gasteiger partial charge in [0.2, 0.25) is 0 Å². The number of aromatic nitrogens is 2. The molecule has 0 fully saturated rings. The molecule has 0 radical (unpaired) electrons. The van der Waals surface area contributed by atoms with E-state index < -0.39 is 0 Å². The van der Waals surface area contributed by atoms with E-state index >= 15 is 0 Å². The lowest BCUT2D eigenvalue weighted by molar-refractivity contribution is 1.05. The summed E-state index contributed by atoms with van der Waals surface area (Å²) in [6.45, 7) is 0. The number of nitrogens with one attached hydrogen (secondary N) is 2. The Morgan fingerprint density at radius 2 is 0.873 bits per heavy atom. The van der Waals surface area contributed by atoms with Crippen molar-refractivity contribution in [2.45, 2.75) is 0 Å². The fraction of sp³-hybridized carbons (Fsp3) is 0. The molecule has 0 spiro atoms. The second-order valence-electron chi connectivity index (χ2n) is 13.9. The molecule has 10 rings (SSSR count). The van der Waals surface area contributed by atoms with E-state index in [9.17, 15) is 0 Å². The molecule has 0 unspecified atom stereocenters. The van der Waals surface area contributed by atoms with Crippen molar-refractivity contribution in [2.75, 3.05) is 5.43 Å². The minimum atomic E-state index is 0.433. The number of benzene rings is 8. The van der Waals surface area contributed by atoms with E-state index in [4.69, 9.17) is 5.41 Å². The van der Waals surface area contributed by atoms with Crippen LogP contribution in [0.25, 0.3) is 82.7 Å². The van der Waals surface area contributed by atoms with Crippen LogP contribution in [-0.2, 0) is 0 Å². The van der Waals surface area contributed by atoms with E-state index in [2.05, 4.69) is 191 Å². The molecular weight excluding hydrogens is 669 g/mol. The van der Waals surface area contributed by atoms with Crippen LogP contribution < -0.4 is 5.43 Å². The molecule has 0 saturated heterocycles. The third kappa shape index (κ3) is 5.77. The van der Waals surface area contributed by atoms with Gasteiger partial charge < -0.3 is 15.4 Å².